The van der Waals surface area contributed by atoms with Gasteiger partial charge in [0.15, 0.2) is 0 Å². The van der Waals surface area contributed by atoms with E-state index < -0.39 is 23.5 Å². The third-order valence-electron chi connectivity index (χ3n) is 6.82. The predicted octanol–water partition coefficient (Wildman–Crippen LogP) is 3.96. The predicted molar refractivity (Wildman–Crippen MR) is 165 cm³/mol. The molecule has 12 nitrogen and oxygen atoms in total. The average molecular weight is 595 g/mol. The van der Waals surface area contributed by atoms with Gasteiger partial charge in [0.05, 0.1) is 30.6 Å². The van der Waals surface area contributed by atoms with Crippen LogP contribution >= 0.6 is 0 Å². The minimum Gasteiger partial charge on any atom is -0.497 e. The van der Waals surface area contributed by atoms with Gasteiger partial charge in [-0.3, -0.25) is 14.4 Å². The highest BCUT2D eigenvalue weighted by Gasteiger charge is 2.23. The first-order valence-electron chi connectivity index (χ1n) is 14.1. The second-order valence-corrected chi connectivity index (χ2v) is 12.0. The van der Waals surface area contributed by atoms with E-state index >= 15 is 0 Å². The summed E-state index contributed by atoms with van der Waals surface area (Å²) in [7, 11) is 6.26. The number of methoxy groups -OCH3 is 1. The topological polar surface area (TPSA) is 150 Å². The highest BCUT2D eigenvalue weighted by Crippen LogP contribution is 2.29. The van der Waals surface area contributed by atoms with Gasteiger partial charge in [-0.15, -0.1) is 0 Å². The van der Waals surface area contributed by atoms with Crippen LogP contribution in [0.2, 0.25) is 0 Å². The van der Waals surface area contributed by atoms with Crippen molar-refractivity contribution in [1.29, 1.82) is 0 Å². The summed E-state index contributed by atoms with van der Waals surface area (Å²) < 4.78 is 6.93. The number of carbonyl (C=O) groups excluding carboxylic acids is 2. The molecule has 0 spiro atoms. The van der Waals surface area contributed by atoms with Gasteiger partial charge in [-0.05, 0) is 54.5 Å². The molecule has 0 aliphatic carbocycles. The smallest absolute Gasteiger partial charge is 0.407 e. The number of likely N-dealkylation sites (N-methyl/N-ethyl adjacent to an activating group) is 1. The van der Waals surface area contributed by atoms with Crippen molar-refractivity contribution < 1.29 is 24.2 Å². The summed E-state index contributed by atoms with van der Waals surface area (Å²) in [5.41, 5.74) is 2.33. The lowest BCUT2D eigenvalue weighted by atomic mass is 9.87. The number of rotatable bonds is 12. The van der Waals surface area contributed by atoms with E-state index in [1.807, 2.05) is 12.1 Å². The zero-order chi connectivity index (χ0) is 31.9. The fraction of sp³-hybridized carbons (Fsp3) is 0.452. The minimum atomic E-state index is -1.17. The third-order valence-corrected chi connectivity index (χ3v) is 6.82. The van der Waals surface area contributed by atoms with Gasteiger partial charge in [-0.1, -0.05) is 26.8 Å². The highest BCUT2D eigenvalue weighted by atomic mass is 16.5. The van der Waals surface area contributed by atoms with E-state index in [1.165, 1.54) is 28.7 Å². The molecule has 3 aromatic rings. The summed E-state index contributed by atoms with van der Waals surface area (Å²) in [6, 6.07) is 7.02. The van der Waals surface area contributed by atoms with Gasteiger partial charge in [-0.25, -0.2) is 9.78 Å². The number of benzene rings is 1. The van der Waals surface area contributed by atoms with Crippen molar-refractivity contribution in [2.45, 2.75) is 46.6 Å². The van der Waals surface area contributed by atoms with Gasteiger partial charge in [0.2, 0.25) is 11.8 Å². The Hall–Kier alpha value is -4.61. The van der Waals surface area contributed by atoms with Gasteiger partial charge in [0.25, 0.3) is 5.56 Å². The maximum atomic E-state index is 13.4. The lowest BCUT2D eigenvalue weighted by Crippen LogP contribution is -2.37. The number of hydrogen-bond donors (Lipinski definition) is 3. The monoisotopic (exact) mass is 594 g/mol. The number of H-pyrrole nitrogens is 1. The van der Waals surface area contributed by atoms with Crippen LogP contribution in [0, 0.1) is 11.3 Å². The van der Waals surface area contributed by atoms with Crippen LogP contribution in [-0.2, 0) is 22.6 Å². The largest absolute Gasteiger partial charge is 0.497 e. The van der Waals surface area contributed by atoms with Gasteiger partial charge in [-0.2, -0.15) is 0 Å². The lowest BCUT2D eigenvalue weighted by Gasteiger charge is -2.21. The molecule has 0 aliphatic rings. The number of ether oxygens (including phenoxy) is 1. The van der Waals surface area contributed by atoms with Crippen LogP contribution in [0.25, 0.3) is 11.0 Å². The van der Waals surface area contributed by atoms with E-state index in [1.54, 1.807) is 39.5 Å². The minimum absolute atomic E-state index is 0.0267. The van der Waals surface area contributed by atoms with E-state index in [9.17, 15) is 24.3 Å². The molecule has 0 saturated heterocycles. The maximum Gasteiger partial charge on any atom is 0.407 e. The Morgan fingerprint density at radius 1 is 1.21 bits per heavy atom. The Morgan fingerprint density at radius 3 is 2.56 bits per heavy atom. The molecule has 0 unspecified atom stereocenters. The fourth-order valence-corrected chi connectivity index (χ4v) is 4.61. The molecule has 12 heteroatoms. The van der Waals surface area contributed by atoms with Crippen molar-refractivity contribution >= 4 is 34.6 Å². The quantitative estimate of drug-likeness (QED) is 0.269. The highest BCUT2D eigenvalue weighted by molar-refractivity contribution is 5.92. The van der Waals surface area contributed by atoms with Crippen LogP contribution in [0.4, 0.5) is 10.5 Å². The van der Waals surface area contributed by atoms with E-state index in [0.717, 1.165) is 27.9 Å². The van der Waals surface area contributed by atoms with Crippen LogP contribution in [0.1, 0.15) is 45.0 Å². The maximum absolute atomic E-state index is 13.4. The number of fused-ring (bicyclic) bond motifs is 1. The molecule has 43 heavy (non-hydrogen) atoms. The van der Waals surface area contributed by atoms with Crippen molar-refractivity contribution in [3.63, 3.8) is 0 Å². The molecule has 0 radical (unpaired) electrons. The van der Waals surface area contributed by atoms with Crippen LogP contribution in [-0.4, -0.2) is 82.1 Å². The van der Waals surface area contributed by atoms with E-state index in [4.69, 9.17) is 9.72 Å². The summed E-state index contributed by atoms with van der Waals surface area (Å²) >= 11 is 0. The van der Waals surface area contributed by atoms with Crippen LogP contribution in [0.15, 0.2) is 47.4 Å². The van der Waals surface area contributed by atoms with E-state index in [0.29, 0.717) is 18.0 Å². The Morgan fingerprint density at radius 2 is 1.93 bits per heavy atom. The SMILES string of the molecule is COc1cc(CC(C)(C)C)c2nc(Cn3cccc(NC(=O)[C@@H](CC/C=C/C(=O)N(C)C)CN(C)C(=O)O)c3=O)[nH]c2c1. The first-order chi connectivity index (χ1) is 20.2. The Kier molecular flexibility index (Phi) is 10.7. The fourth-order valence-electron chi connectivity index (χ4n) is 4.61. The summed E-state index contributed by atoms with van der Waals surface area (Å²) in [5.74, 6) is -0.143. The molecule has 1 atom stereocenters. The van der Waals surface area contributed by atoms with Gasteiger partial charge < -0.3 is 34.5 Å². The normalized spacial score (nSPS) is 12.3. The van der Waals surface area contributed by atoms with Gasteiger partial charge >= 0.3 is 6.09 Å². The first-order valence-corrected chi connectivity index (χ1v) is 14.1. The lowest BCUT2D eigenvalue weighted by molar-refractivity contribution is -0.123. The molecule has 2 aromatic heterocycles. The number of aromatic nitrogens is 3. The number of carboxylic acid groups (broad SMARTS) is 1. The number of amides is 3. The van der Waals surface area contributed by atoms with Gasteiger partial charge in [0.1, 0.15) is 17.3 Å². The Labute approximate surface area is 251 Å². The number of nitrogens with one attached hydrogen (secondary N) is 2. The van der Waals surface area contributed by atoms with Gasteiger partial charge in [0, 0.05) is 40.0 Å². The summed E-state index contributed by atoms with van der Waals surface area (Å²) in [6.45, 7) is 6.52. The van der Waals surface area contributed by atoms with Crippen molar-refractivity contribution in [2.24, 2.45) is 11.3 Å². The molecule has 0 fully saturated rings. The number of pyridine rings is 1. The van der Waals surface area contributed by atoms with Crippen molar-refractivity contribution in [1.82, 2.24) is 24.3 Å². The molecule has 3 rings (SSSR count). The molecular weight excluding hydrogens is 552 g/mol. The number of nitrogens with zero attached hydrogens (tertiary/aromatic N) is 4. The first kappa shape index (κ1) is 32.9. The van der Waals surface area contributed by atoms with Crippen molar-refractivity contribution in [3.8, 4) is 5.75 Å². The molecule has 3 N–H and O–H groups in total. The molecule has 2 heterocycles. The second kappa shape index (κ2) is 14.0. The molecule has 232 valence electrons. The third kappa shape index (κ3) is 9.19. The van der Waals surface area contributed by atoms with E-state index in [2.05, 4.69) is 31.1 Å². The summed E-state index contributed by atoms with van der Waals surface area (Å²) in [5, 5.41) is 12.0. The van der Waals surface area contributed by atoms with Crippen molar-refractivity contribution in [3.05, 3.63) is 64.4 Å². The number of hydrogen-bond acceptors (Lipinski definition) is 6. The second-order valence-electron chi connectivity index (χ2n) is 12.0. The molecule has 1 aromatic carbocycles. The average Bonchev–Trinajstić information content (AvgIpc) is 3.34. The number of imidazole rings is 1. The van der Waals surface area contributed by atoms with Crippen LogP contribution in [0.3, 0.4) is 0 Å². The Bertz CT molecular complexity index is 1550. The summed E-state index contributed by atoms with van der Waals surface area (Å²) in [4.78, 5) is 60.4. The number of anilines is 1. The zero-order valence-corrected chi connectivity index (χ0v) is 25.9. The van der Waals surface area contributed by atoms with Crippen LogP contribution in [0.5, 0.6) is 5.75 Å². The molecule has 3 amide bonds. The van der Waals surface area contributed by atoms with E-state index in [-0.39, 0.29) is 36.5 Å². The number of carbonyl (C=O) groups is 3. The van der Waals surface area contributed by atoms with Crippen molar-refractivity contribution in [2.75, 3.05) is 40.1 Å². The standard InChI is InChI=1S/C31H42N6O6/c1-31(2,3)17-21-15-22(43-7)16-24-27(21)34-25(32-24)19-37-14-10-12-23(29(37)40)33-28(39)20(18-36(6)30(41)42)11-8-9-13-26(38)35(4)5/h9-10,12-16,20H,8,11,17-19H2,1-7H3,(H,32,34)(H,33,39)(H,41,42)/b13-9+/t20-/m0/s1. The molecule has 0 aliphatic heterocycles. The molecule has 0 bridgehead atoms. The molecule has 0 saturated carbocycles. The zero-order valence-electron chi connectivity index (χ0n) is 25.9. The summed E-state index contributed by atoms with van der Waals surface area (Å²) in [6.07, 6.45) is 4.93. The van der Waals surface area contributed by atoms with Crippen LogP contribution < -0.4 is 15.6 Å². The molecular formula is C31H42N6O6. The number of allylic oxidation sites excluding steroid dienone is 1. The number of aromatic amines is 1. The Balaban J connectivity index is 1.82.